The second kappa shape index (κ2) is 7.32. The number of carbonyl (C=O) groups is 1. The molecular weight excluding hydrogens is 307 g/mol. The number of hydrogen-bond acceptors (Lipinski definition) is 4. The van der Waals surface area contributed by atoms with Gasteiger partial charge in [0.2, 0.25) is 0 Å². The van der Waals surface area contributed by atoms with E-state index in [4.69, 9.17) is 0 Å². The molecule has 2 N–H and O–H groups in total. The summed E-state index contributed by atoms with van der Waals surface area (Å²) in [7, 11) is 0. The van der Waals surface area contributed by atoms with Gasteiger partial charge in [0.25, 0.3) is 5.91 Å². The summed E-state index contributed by atoms with van der Waals surface area (Å²) < 4.78 is 13.6. The van der Waals surface area contributed by atoms with Crippen LogP contribution in [0.5, 0.6) is 0 Å². The highest BCUT2D eigenvalue weighted by Crippen LogP contribution is 2.18. The molecule has 5 nitrogen and oxygen atoms in total. The van der Waals surface area contributed by atoms with Gasteiger partial charge in [-0.3, -0.25) is 9.78 Å². The molecule has 120 valence electrons. The van der Waals surface area contributed by atoms with Crippen LogP contribution in [0.15, 0.2) is 67.0 Å². The first-order chi connectivity index (χ1) is 11.7. The van der Waals surface area contributed by atoms with E-state index < -0.39 is 0 Å². The van der Waals surface area contributed by atoms with Crippen molar-refractivity contribution >= 4 is 17.3 Å². The van der Waals surface area contributed by atoms with Crippen LogP contribution in [0.2, 0.25) is 0 Å². The van der Waals surface area contributed by atoms with Crippen molar-refractivity contribution in [3.63, 3.8) is 0 Å². The largest absolute Gasteiger partial charge is 0.352 e. The number of amides is 1. The molecule has 0 aliphatic carbocycles. The van der Waals surface area contributed by atoms with Crippen molar-refractivity contribution in [2.45, 2.75) is 6.54 Å². The van der Waals surface area contributed by atoms with Gasteiger partial charge in [0.05, 0.1) is 29.8 Å². The Bertz CT molecular complexity index is 822. The van der Waals surface area contributed by atoms with Crippen LogP contribution in [0.25, 0.3) is 0 Å². The molecule has 3 rings (SSSR count). The maximum absolute atomic E-state index is 13.6. The van der Waals surface area contributed by atoms with Crippen LogP contribution in [0, 0.1) is 5.82 Å². The fourth-order valence-electron chi connectivity index (χ4n) is 2.08. The Kier molecular flexibility index (Phi) is 4.76. The van der Waals surface area contributed by atoms with Crippen molar-refractivity contribution in [1.82, 2.24) is 15.3 Å². The van der Waals surface area contributed by atoms with E-state index in [-0.39, 0.29) is 17.4 Å². The molecule has 6 heteroatoms. The predicted molar refractivity (Wildman–Crippen MR) is 89.3 cm³/mol. The number of anilines is 2. The Morgan fingerprint density at radius 3 is 2.54 bits per heavy atom. The summed E-state index contributed by atoms with van der Waals surface area (Å²) in [4.78, 5) is 20.3. The van der Waals surface area contributed by atoms with Gasteiger partial charge in [-0.25, -0.2) is 9.37 Å². The molecule has 0 atom stereocenters. The van der Waals surface area contributed by atoms with Crippen LogP contribution < -0.4 is 10.6 Å². The number of pyridine rings is 2. The third-order valence-electron chi connectivity index (χ3n) is 3.31. The van der Waals surface area contributed by atoms with Gasteiger partial charge in [-0.05, 0) is 36.4 Å². The number of nitrogens with one attached hydrogen (secondary N) is 2. The molecular formula is C18H15FN4O. The number of rotatable bonds is 5. The lowest BCUT2D eigenvalue weighted by Gasteiger charge is -2.08. The maximum Gasteiger partial charge on any atom is 0.270 e. The van der Waals surface area contributed by atoms with Crippen LogP contribution in [-0.4, -0.2) is 15.9 Å². The Labute approximate surface area is 138 Å². The normalized spacial score (nSPS) is 10.2. The molecule has 0 aliphatic rings. The predicted octanol–water partition coefficient (Wildman–Crippen LogP) is 3.29. The van der Waals surface area contributed by atoms with E-state index in [2.05, 4.69) is 20.6 Å². The molecule has 0 radical (unpaired) electrons. The minimum Gasteiger partial charge on any atom is -0.352 e. The lowest BCUT2D eigenvalue weighted by atomic mass is 10.2. The maximum atomic E-state index is 13.6. The highest BCUT2D eigenvalue weighted by molar-refractivity contribution is 5.92. The van der Waals surface area contributed by atoms with Crippen LogP contribution in [0.1, 0.15) is 16.2 Å². The standard InChI is InChI=1S/C18H15FN4O/c19-15-6-1-2-7-16(15)23-14-8-9-17(21-12-14)18(24)22-11-13-5-3-4-10-20-13/h1-10,12,23H,11H2,(H,22,24). The van der Waals surface area contributed by atoms with Gasteiger partial charge in [0, 0.05) is 6.20 Å². The number of aromatic nitrogens is 2. The smallest absolute Gasteiger partial charge is 0.270 e. The summed E-state index contributed by atoms with van der Waals surface area (Å²) in [6, 6.07) is 15.1. The van der Waals surface area contributed by atoms with Gasteiger partial charge < -0.3 is 10.6 Å². The number of nitrogens with zero attached hydrogens (tertiary/aromatic N) is 2. The SMILES string of the molecule is O=C(NCc1ccccn1)c1ccc(Nc2ccccc2F)cn1. The summed E-state index contributed by atoms with van der Waals surface area (Å²) in [5.74, 6) is -0.646. The van der Waals surface area contributed by atoms with Crippen LogP contribution >= 0.6 is 0 Å². The molecule has 0 fully saturated rings. The van der Waals surface area contributed by atoms with Crippen LogP contribution in [0.4, 0.5) is 15.8 Å². The van der Waals surface area contributed by atoms with E-state index in [1.165, 1.54) is 12.3 Å². The zero-order chi connectivity index (χ0) is 16.8. The van der Waals surface area contributed by atoms with Crippen molar-refractivity contribution in [3.05, 3.63) is 84.2 Å². The first-order valence-electron chi connectivity index (χ1n) is 7.38. The van der Waals surface area contributed by atoms with Gasteiger partial charge in [-0.2, -0.15) is 0 Å². The highest BCUT2D eigenvalue weighted by Gasteiger charge is 2.08. The number of para-hydroxylation sites is 1. The fraction of sp³-hybridized carbons (Fsp3) is 0.0556. The molecule has 0 unspecified atom stereocenters. The van der Waals surface area contributed by atoms with Gasteiger partial charge in [-0.1, -0.05) is 18.2 Å². The Balaban J connectivity index is 1.61. The van der Waals surface area contributed by atoms with Crippen molar-refractivity contribution in [1.29, 1.82) is 0 Å². The molecule has 0 spiro atoms. The zero-order valence-electron chi connectivity index (χ0n) is 12.7. The lowest BCUT2D eigenvalue weighted by molar-refractivity contribution is 0.0945. The van der Waals surface area contributed by atoms with E-state index in [1.807, 2.05) is 18.2 Å². The lowest BCUT2D eigenvalue weighted by Crippen LogP contribution is -2.24. The fourth-order valence-corrected chi connectivity index (χ4v) is 2.08. The van der Waals surface area contributed by atoms with Crippen LogP contribution in [-0.2, 0) is 6.54 Å². The Morgan fingerprint density at radius 1 is 1.00 bits per heavy atom. The second-order valence-corrected chi connectivity index (χ2v) is 5.04. The monoisotopic (exact) mass is 322 g/mol. The zero-order valence-corrected chi connectivity index (χ0v) is 12.7. The first-order valence-corrected chi connectivity index (χ1v) is 7.38. The molecule has 24 heavy (non-hydrogen) atoms. The quantitative estimate of drug-likeness (QED) is 0.756. The molecule has 2 heterocycles. The number of carbonyl (C=O) groups excluding carboxylic acids is 1. The summed E-state index contributed by atoms with van der Waals surface area (Å²) >= 11 is 0. The van der Waals surface area contributed by atoms with Gasteiger partial charge in [-0.15, -0.1) is 0 Å². The summed E-state index contributed by atoms with van der Waals surface area (Å²) in [6.07, 6.45) is 3.16. The van der Waals surface area contributed by atoms with Crippen LogP contribution in [0.3, 0.4) is 0 Å². The van der Waals surface area contributed by atoms with E-state index in [1.54, 1.807) is 36.5 Å². The van der Waals surface area contributed by atoms with E-state index in [0.29, 0.717) is 17.9 Å². The van der Waals surface area contributed by atoms with E-state index in [0.717, 1.165) is 5.69 Å². The Morgan fingerprint density at radius 2 is 1.83 bits per heavy atom. The van der Waals surface area contributed by atoms with Crippen molar-refractivity contribution in [2.24, 2.45) is 0 Å². The summed E-state index contributed by atoms with van der Waals surface area (Å²) in [6.45, 7) is 0.330. The molecule has 1 amide bonds. The van der Waals surface area contributed by atoms with Gasteiger partial charge >= 0.3 is 0 Å². The van der Waals surface area contributed by atoms with Crippen molar-refractivity contribution in [2.75, 3.05) is 5.32 Å². The van der Waals surface area contributed by atoms with Crippen molar-refractivity contribution in [3.8, 4) is 0 Å². The average molecular weight is 322 g/mol. The first kappa shape index (κ1) is 15.6. The number of benzene rings is 1. The molecule has 2 aromatic heterocycles. The number of hydrogen-bond donors (Lipinski definition) is 2. The topological polar surface area (TPSA) is 66.9 Å². The van der Waals surface area contributed by atoms with Gasteiger partial charge in [0.15, 0.2) is 0 Å². The molecule has 1 aromatic carbocycles. The average Bonchev–Trinajstić information content (AvgIpc) is 2.63. The minimum atomic E-state index is -0.352. The summed E-state index contributed by atoms with van der Waals surface area (Å²) in [5.41, 5.74) is 2.00. The molecule has 0 bridgehead atoms. The molecule has 0 aliphatic heterocycles. The van der Waals surface area contributed by atoms with E-state index in [9.17, 15) is 9.18 Å². The Hall–Kier alpha value is -3.28. The third kappa shape index (κ3) is 3.92. The molecule has 0 saturated heterocycles. The minimum absolute atomic E-state index is 0.282. The second-order valence-electron chi connectivity index (χ2n) is 5.04. The van der Waals surface area contributed by atoms with E-state index >= 15 is 0 Å². The number of halogens is 1. The van der Waals surface area contributed by atoms with Gasteiger partial charge in [0.1, 0.15) is 11.5 Å². The molecule has 3 aromatic rings. The third-order valence-corrected chi connectivity index (χ3v) is 3.31. The highest BCUT2D eigenvalue weighted by atomic mass is 19.1. The summed E-state index contributed by atoms with van der Waals surface area (Å²) in [5, 5.41) is 5.67. The molecule has 0 saturated carbocycles. The van der Waals surface area contributed by atoms with Crippen molar-refractivity contribution < 1.29 is 9.18 Å².